The molecule has 2 atom stereocenters. The molecular weight excluding hydrogens is 863 g/mol. The molecule has 0 fully saturated rings. The summed E-state index contributed by atoms with van der Waals surface area (Å²) in [7, 11) is 0. The average Bonchev–Trinajstić information content (AvgIpc) is 3.31. The van der Waals surface area contributed by atoms with E-state index in [-0.39, 0.29) is 11.1 Å². The van der Waals surface area contributed by atoms with E-state index in [1.807, 2.05) is 107 Å². The summed E-state index contributed by atoms with van der Waals surface area (Å²) >= 11 is 0. The molecule has 0 bridgehead atoms. The Balaban J connectivity index is 0.000000256. The zero-order chi connectivity index (χ0) is 49.6. The Kier molecular flexibility index (Phi) is 18.4. The van der Waals surface area contributed by atoms with Gasteiger partial charge in [0.25, 0.3) is 0 Å². The lowest BCUT2D eigenvalue weighted by Gasteiger charge is -2.21. The van der Waals surface area contributed by atoms with Crippen LogP contribution < -0.4 is 5.73 Å². The Labute approximate surface area is 388 Å². The van der Waals surface area contributed by atoms with Gasteiger partial charge >= 0.3 is 11.9 Å². The number of aliphatic hydroxyl groups excluding tert-OH is 2. The fourth-order valence-corrected chi connectivity index (χ4v) is 6.71. The lowest BCUT2D eigenvalue weighted by atomic mass is 9.84. The molecule has 67 heavy (non-hydrogen) atoms. The Morgan fingerprint density at radius 3 is 1.42 bits per heavy atom. The normalized spacial score (nSPS) is 12.9. The smallest absolute Gasteiger partial charge is 0.325 e. The number of hydrogen-bond acceptors (Lipinski definition) is 6. The Morgan fingerprint density at radius 2 is 1.00 bits per heavy atom. The Hall–Kier alpha value is -6.99. The van der Waals surface area contributed by atoms with E-state index in [2.05, 4.69) is 0 Å². The van der Waals surface area contributed by atoms with Crippen LogP contribution in [0, 0.1) is 56.4 Å². The molecule has 350 valence electrons. The van der Waals surface area contributed by atoms with Gasteiger partial charge in [-0.2, -0.15) is 0 Å². The topological polar surface area (TPSA) is 158 Å². The highest BCUT2D eigenvalue weighted by molar-refractivity contribution is 5.82. The number of aliphatic carboxylic acids is 2. The third-order valence-corrected chi connectivity index (χ3v) is 11.6. The number of aryl methyl sites for hydroxylation is 3. The minimum atomic E-state index is -1.49. The number of rotatable bonds is 14. The quantitative estimate of drug-likeness (QED) is 0.0410. The van der Waals surface area contributed by atoms with Crippen molar-refractivity contribution in [2.45, 2.75) is 59.9 Å². The third-order valence-electron chi connectivity index (χ3n) is 11.6. The number of carbonyl (C=O) groups excluding carboxylic acids is 1. The largest absolute Gasteiger partial charge is 0.481 e. The van der Waals surface area contributed by atoms with Gasteiger partial charge in [-0.25, -0.2) is 17.6 Å². The fraction of sp³-hybridized carbons (Fsp3) is 0.218. The average molecular weight is 918 g/mol. The van der Waals surface area contributed by atoms with Crippen molar-refractivity contribution >= 4 is 42.5 Å². The van der Waals surface area contributed by atoms with Crippen molar-refractivity contribution in [3.05, 3.63) is 188 Å². The monoisotopic (exact) mass is 917 g/mol. The molecule has 0 aliphatic carbocycles. The summed E-state index contributed by atoms with van der Waals surface area (Å²) in [6, 6.07) is 30.9. The van der Waals surface area contributed by atoms with Crippen molar-refractivity contribution in [1.82, 2.24) is 0 Å². The third kappa shape index (κ3) is 13.5. The van der Waals surface area contributed by atoms with Crippen LogP contribution >= 0.6 is 0 Å². The van der Waals surface area contributed by atoms with E-state index in [1.54, 1.807) is 37.3 Å². The summed E-state index contributed by atoms with van der Waals surface area (Å²) in [6.07, 6.45) is 9.43. The summed E-state index contributed by atoms with van der Waals surface area (Å²) < 4.78 is 55.8. The van der Waals surface area contributed by atoms with Gasteiger partial charge < -0.3 is 26.2 Å². The number of aldehydes is 1. The maximum Gasteiger partial charge on any atom is 0.325 e. The first kappa shape index (κ1) is 52.6. The van der Waals surface area contributed by atoms with Gasteiger partial charge in [0.1, 0.15) is 11.8 Å². The predicted molar refractivity (Wildman–Crippen MR) is 257 cm³/mol. The van der Waals surface area contributed by atoms with E-state index in [0.29, 0.717) is 29.5 Å². The first-order chi connectivity index (χ1) is 31.7. The summed E-state index contributed by atoms with van der Waals surface area (Å²) in [4.78, 5) is 32.4. The highest BCUT2D eigenvalue weighted by atomic mass is 19.2. The lowest BCUT2D eigenvalue weighted by molar-refractivity contribution is -0.150. The first-order valence-electron chi connectivity index (χ1n) is 21.2. The van der Waals surface area contributed by atoms with Crippen LogP contribution in [0.1, 0.15) is 80.7 Å². The lowest BCUT2D eigenvalue weighted by Crippen LogP contribution is -2.48. The molecule has 0 aromatic heterocycles. The maximum absolute atomic E-state index is 14.3. The van der Waals surface area contributed by atoms with Crippen molar-refractivity contribution in [1.29, 1.82) is 0 Å². The summed E-state index contributed by atoms with van der Waals surface area (Å²) in [6.45, 7) is 9.56. The predicted octanol–water partition coefficient (Wildman–Crippen LogP) is 11.4. The minimum Gasteiger partial charge on any atom is -0.481 e. The molecule has 0 amide bonds. The van der Waals surface area contributed by atoms with E-state index in [4.69, 9.17) is 15.9 Å². The molecular formula is C55H55F4NO7. The van der Waals surface area contributed by atoms with Gasteiger partial charge in [-0.3, -0.25) is 14.4 Å². The molecule has 0 saturated heterocycles. The number of carboxylic acids is 2. The van der Waals surface area contributed by atoms with Crippen LogP contribution in [-0.2, 0) is 16.0 Å². The van der Waals surface area contributed by atoms with Gasteiger partial charge in [-0.1, -0.05) is 115 Å². The Morgan fingerprint density at radius 1 is 0.567 bits per heavy atom. The van der Waals surface area contributed by atoms with Gasteiger partial charge in [0.15, 0.2) is 23.3 Å². The zero-order valence-electron chi connectivity index (χ0n) is 38.2. The van der Waals surface area contributed by atoms with Gasteiger partial charge in [0, 0.05) is 16.7 Å². The van der Waals surface area contributed by atoms with Gasteiger partial charge in [-0.15, -0.1) is 0 Å². The second-order valence-corrected chi connectivity index (χ2v) is 16.7. The van der Waals surface area contributed by atoms with E-state index in [1.165, 1.54) is 19.1 Å². The number of benzene rings is 6. The van der Waals surface area contributed by atoms with E-state index >= 15 is 0 Å². The van der Waals surface area contributed by atoms with Gasteiger partial charge in [0.05, 0.1) is 18.6 Å². The number of nitrogens with two attached hydrogens (primary N) is 1. The number of carbonyl (C=O) groups is 3. The second-order valence-electron chi connectivity index (χ2n) is 16.7. The van der Waals surface area contributed by atoms with E-state index in [0.717, 1.165) is 68.5 Å². The summed E-state index contributed by atoms with van der Waals surface area (Å²) in [5.41, 5.74) is 13.2. The standard InChI is InChI=1S/C28H28F2O3.C23H18F2O.C4H9NO3/c1-18-10-11-20(14-15-28(3,17-31)27(32)33)16-22(18)13-12-21-6-4-7-23(19(21)2)24-8-5-9-25(29)26(24)30;1-15-9-10-17(14-26)13-19(15)12-11-18-5-3-6-20(16(18)2)21-7-4-8-22(24)23(21)25;1-4(5,2-6)3(7)8/h4-13,16,31H,14-15,17H2,1-3H3,(H,32,33);3-14H,1-2H3;6H,2,5H2,1H3,(H,7,8)/b13-12+;12-11+;. The van der Waals surface area contributed by atoms with Crippen molar-refractivity contribution in [2.24, 2.45) is 11.1 Å². The molecule has 6 aromatic rings. The molecule has 2 unspecified atom stereocenters. The molecule has 6 aromatic carbocycles. The first-order valence-corrected chi connectivity index (χ1v) is 21.2. The molecule has 6 rings (SSSR count). The van der Waals surface area contributed by atoms with Crippen LogP contribution in [0.4, 0.5) is 17.6 Å². The SMILES string of the molecule is CC(N)(CO)C(=O)O.Cc1ccc(C=O)cc1/C=C/c1cccc(-c2cccc(F)c2F)c1C.Cc1ccc(CCC(C)(CO)C(=O)O)cc1/C=C/c1cccc(-c2cccc(F)c2F)c1C. The van der Waals surface area contributed by atoms with Gasteiger partial charge in [0.2, 0.25) is 0 Å². The molecule has 0 spiro atoms. The molecule has 0 aliphatic rings. The van der Waals surface area contributed by atoms with Crippen molar-refractivity contribution < 1.29 is 52.4 Å². The van der Waals surface area contributed by atoms with E-state index in [9.17, 15) is 42.2 Å². The van der Waals surface area contributed by atoms with Crippen LogP contribution in [0.25, 0.3) is 46.6 Å². The van der Waals surface area contributed by atoms with Crippen LogP contribution in [-0.4, -0.2) is 57.4 Å². The van der Waals surface area contributed by atoms with Crippen molar-refractivity contribution in [3.8, 4) is 22.3 Å². The number of hydrogen-bond donors (Lipinski definition) is 5. The number of halogens is 4. The number of aliphatic hydroxyl groups is 2. The second kappa shape index (κ2) is 23.5. The molecule has 8 nitrogen and oxygen atoms in total. The number of carboxylic acid groups (broad SMARTS) is 2. The van der Waals surface area contributed by atoms with Crippen LogP contribution in [0.2, 0.25) is 0 Å². The van der Waals surface area contributed by atoms with Crippen molar-refractivity contribution in [3.63, 3.8) is 0 Å². The molecule has 0 saturated carbocycles. The molecule has 0 heterocycles. The summed E-state index contributed by atoms with van der Waals surface area (Å²) in [5, 5.41) is 35.3. The zero-order valence-corrected chi connectivity index (χ0v) is 38.2. The minimum absolute atomic E-state index is 0.228. The fourth-order valence-electron chi connectivity index (χ4n) is 6.71. The molecule has 0 radical (unpaired) electrons. The van der Waals surface area contributed by atoms with Crippen LogP contribution in [0.3, 0.4) is 0 Å². The highest BCUT2D eigenvalue weighted by Crippen LogP contribution is 2.32. The van der Waals surface area contributed by atoms with Crippen LogP contribution in [0.15, 0.2) is 109 Å². The highest BCUT2D eigenvalue weighted by Gasteiger charge is 2.32. The van der Waals surface area contributed by atoms with Crippen molar-refractivity contribution in [2.75, 3.05) is 13.2 Å². The van der Waals surface area contributed by atoms with E-state index < -0.39 is 59.4 Å². The molecule has 12 heteroatoms. The summed E-state index contributed by atoms with van der Waals surface area (Å²) in [5.74, 6) is -5.64. The maximum atomic E-state index is 14.3. The van der Waals surface area contributed by atoms with Crippen LogP contribution in [0.5, 0.6) is 0 Å². The molecule has 6 N–H and O–H groups in total. The molecule has 0 aliphatic heterocycles. The van der Waals surface area contributed by atoms with Gasteiger partial charge in [-0.05, 0) is 134 Å². The Bertz CT molecular complexity index is 2800.